The largest absolute Gasteiger partial charge is 0.383 e. The Hall–Kier alpha value is -0.150. The Labute approximate surface area is 177 Å². The molecule has 0 spiro atoms. The molecule has 1 aliphatic carbocycles. The van der Waals surface area contributed by atoms with E-state index in [9.17, 15) is 4.79 Å². The molecule has 4 rings (SSSR count). The Morgan fingerprint density at radius 1 is 1.00 bits per heavy atom. The number of hydrogen-bond acceptors (Lipinski definition) is 6. The zero-order chi connectivity index (χ0) is 19.3. The molecule has 7 unspecified atom stereocenters. The number of rotatable bonds is 6. The third kappa shape index (κ3) is 5.12. The van der Waals surface area contributed by atoms with Crippen molar-refractivity contribution in [3.8, 4) is 0 Å². The Morgan fingerprint density at radius 2 is 1.68 bits per heavy atom. The standard InChI is InChI=1S/C20H36N4O2S2/c1-26-9-8-21-20(25)22-13-6-7-14-15(12-13)24-19(17-5-3-11-28-17)18(23-14)16-4-2-10-27-16/h13-19,23-24H,2-12H2,1H3,(H2,21,22,25). The molecule has 8 heteroatoms. The van der Waals surface area contributed by atoms with E-state index in [0.717, 1.165) is 29.8 Å². The van der Waals surface area contributed by atoms with E-state index in [4.69, 9.17) is 4.74 Å². The van der Waals surface area contributed by atoms with E-state index < -0.39 is 0 Å². The van der Waals surface area contributed by atoms with Crippen LogP contribution in [0.15, 0.2) is 0 Å². The molecule has 4 N–H and O–H groups in total. The number of carbonyl (C=O) groups excluding carboxylic acids is 1. The third-order valence-electron chi connectivity index (χ3n) is 6.71. The van der Waals surface area contributed by atoms with Crippen molar-refractivity contribution < 1.29 is 9.53 Å². The first-order valence-electron chi connectivity index (χ1n) is 11.0. The summed E-state index contributed by atoms with van der Waals surface area (Å²) in [4.78, 5) is 12.1. The van der Waals surface area contributed by atoms with Crippen molar-refractivity contribution in [2.45, 2.75) is 85.7 Å². The molecule has 7 atom stereocenters. The SMILES string of the molecule is COCCNC(=O)NC1CCC2NC(C3CCCS3)C(C3CCCS3)NC2C1. The average molecular weight is 429 g/mol. The van der Waals surface area contributed by atoms with Gasteiger partial charge in [0.1, 0.15) is 0 Å². The van der Waals surface area contributed by atoms with E-state index in [1.807, 2.05) is 0 Å². The molecule has 3 aliphatic heterocycles. The smallest absolute Gasteiger partial charge is 0.315 e. The molecule has 4 fully saturated rings. The van der Waals surface area contributed by atoms with Crippen molar-refractivity contribution in [2.75, 3.05) is 31.8 Å². The maximum absolute atomic E-state index is 12.1. The molecule has 2 amide bonds. The fourth-order valence-electron chi connectivity index (χ4n) is 5.34. The topological polar surface area (TPSA) is 74.4 Å². The van der Waals surface area contributed by atoms with Crippen LogP contribution in [-0.4, -0.2) is 78.5 Å². The third-order valence-corrected chi connectivity index (χ3v) is 9.67. The lowest BCUT2D eigenvalue weighted by molar-refractivity contribution is 0.144. The van der Waals surface area contributed by atoms with Gasteiger partial charge in [0.05, 0.1) is 6.61 Å². The molecule has 0 aromatic rings. The van der Waals surface area contributed by atoms with Gasteiger partial charge in [-0.25, -0.2) is 4.79 Å². The van der Waals surface area contributed by atoms with Crippen LogP contribution in [0.25, 0.3) is 0 Å². The Morgan fingerprint density at radius 3 is 2.29 bits per heavy atom. The van der Waals surface area contributed by atoms with Crippen LogP contribution in [0.4, 0.5) is 4.79 Å². The number of fused-ring (bicyclic) bond motifs is 1. The highest BCUT2D eigenvalue weighted by Gasteiger charge is 2.46. The summed E-state index contributed by atoms with van der Waals surface area (Å²) in [6.07, 6.45) is 8.65. The fourth-order valence-corrected chi connectivity index (χ4v) is 8.19. The Balaban J connectivity index is 1.35. The van der Waals surface area contributed by atoms with Gasteiger partial charge < -0.3 is 26.0 Å². The maximum Gasteiger partial charge on any atom is 0.315 e. The quantitative estimate of drug-likeness (QED) is 0.485. The highest BCUT2D eigenvalue weighted by molar-refractivity contribution is 8.00. The molecule has 3 heterocycles. The first-order chi connectivity index (χ1) is 13.7. The number of ether oxygens (including phenoxy) is 1. The molecule has 0 bridgehead atoms. The zero-order valence-corrected chi connectivity index (χ0v) is 18.6. The number of urea groups is 1. The fraction of sp³-hybridized carbons (Fsp3) is 0.950. The first kappa shape index (κ1) is 21.1. The number of amides is 2. The lowest BCUT2D eigenvalue weighted by atomic mass is 9.81. The molecule has 28 heavy (non-hydrogen) atoms. The molecular formula is C20H36N4O2S2. The predicted octanol–water partition coefficient (Wildman–Crippen LogP) is 1.94. The van der Waals surface area contributed by atoms with Crippen molar-refractivity contribution >= 4 is 29.6 Å². The highest BCUT2D eigenvalue weighted by Crippen LogP contribution is 2.39. The van der Waals surface area contributed by atoms with E-state index in [-0.39, 0.29) is 12.1 Å². The molecule has 0 aromatic carbocycles. The van der Waals surface area contributed by atoms with Crippen LogP contribution in [-0.2, 0) is 4.74 Å². The maximum atomic E-state index is 12.1. The Kier molecular flexibility index (Phi) is 7.72. The summed E-state index contributed by atoms with van der Waals surface area (Å²) >= 11 is 4.35. The Bertz CT molecular complexity index is 514. The minimum Gasteiger partial charge on any atom is -0.383 e. The van der Waals surface area contributed by atoms with Crippen molar-refractivity contribution in [2.24, 2.45) is 0 Å². The van der Waals surface area contributed by atoms with Gasteiger partial charge in [0.15, 0.2) is 0 Å². The normalized spacial score (nSPS) is 40.8. The van der Waals surface area contributed by atoms with E-state index in [1.165, 1.54) is 37.2 Å². The van der Waals surface area contributed by atoms with Gasteiger partial charge in [0, 0.05) is 54.4 Å². The van der Waals surface area contributed by atoms with E-state index >= 15 is 0 Å². The van der Waals surface area contributed by atoms with E-state index in [2.05, 4.69) is 44.8 Å². The summed E-state index contributed by atoms with van der Waals surface area (Å²) in [5.74, 6) is 2.64. The van der Waals surface area contributed by atoms with E-state index in [1.54, 1.807) is 7.11 Å². The molecule has 160 valence electrons. The summed E-state index contributed by atoms with van der Waals surface area (Å²) in [5, 5.41) is 15.8. The highest BCUT2D eigenvalue weighted by atomic mass is 32.2. The number of thioether (sulfide) groups is 2. The molecular weight excluding hydrogens is 392 g/mol. The molecule has 1 saturated carbocycles. The van der Waals surface area contributed by atoms with Gasteiger partial charge in [0.25, 0.3) is 0 Å². The van der Waals surface area contributed by atoms with Crippen molar-refractivity contribution in [3.63, 3.8) is 0 Å². The summed E-state index contributed by atoms with van der Waals surface area (Å²) in [6.45, 7) is 1.11. The van der Waals surface area contributed by atoms with Crippen molar-refractivity contribution in [1.29, 1.82) is 0 Å². The number of methoxy groups -OCH3 is 1. The lowest BCUT2D eigenvalue weighted by Gasteiger charge is -2.50. The van der Waals surface area contributed by atoms with Crippen LogP contribution >= 0.6 is 23.5 Å². The van der Waals surface area contributed by atoms with Crippen molar-refractivity contribution in [1.82, 2.24) is 21.3 Å². The van der Waals surface area contributed by atoms with Gasteiger partial charge in [-0.15, -0.1) is 0 Å². The average Bonchev–Trinajstić information content (AvgIpc) is 3.41. The number of hydrogen-bond donors (Lipinski definition) is 4. The second-order valence-corrected chi connectivity index (χ2v) is 11.3. The van der Waals surface area contributed by atoms with Gasteiger partial charge >= 0.3 is 6.03 Å². The molecule has 6 nitrogen and oxygen atoms in total. The number of carbonyl (C=O) groups is 1. The van der Waals surface area contributed by atoms with Crippen LogP contribution in [0.3, 0.4) is 0 Å². The van der Waals surface area contributed by atoms with Crippen LogP contribution < -0.4 is 21.3 Å². The van der Waals surface area contributed by atoms with Crippen LogP contribution in [0, 0.1) is 0 Å². The van der Waals surface area contributed by atoms with Crippen molar-refractivity contribution in [3.05, 3.63) is 0 Å². The second kappa shape index (κ2) is 10.2. The summed E-state index contributed by atoms with van der Waals surface area (Å²) in [7, 11) is 1.65. The van der Waals surface area contributed by atoms with E-state index in [0.29, 0.717) is 37.3 Å². The number of piperazine rings is 1. The summed E-state index contributed by atoms with van der Waals surface area (Å²) in [5.41, 5.74) is 0. The minimum absolute atomic E-state index is 0.0626. The van der Waals surface area contributed by atoms with Gasteiger partial charge in [0.2, 0.25) is 0 Å². The summed E-state index contributed by atoms with van der Waals surface area (Å²) < 4.78 is 5.00. The first-order valence-corrected chi connectivity index (χ1v) is 13.1. The van der Waals surface area contributed by atoms with Crippen LogP contribution in [0.5, 0.6) is 0 Å². The lowest BCUT2D eigenvalue weighted by Crippen LogP contribution is -2.72. The minimum atomic E-state index is -0.0626. The summed E-state index contributed by atoms with van der Waals surface area (Å²) in [6, 6.07) is 2.37. The van der Waals surface area contributed by atoms with Gasteiger partial charge in [-0.05, 0) is 56.5 Å². The van der Waals surface area contributed by atoms with Crippen LogP contribution in [0.2, 0.25) is 0 Å². The molecule has 4 aliphatic rings. The van der Waals surface area contributed by atoms with Crippen LogP contribution in [0.1, 0.15) is 44.9 Å². The van der Waals surface area contributed by atoms with Gasteiger partial charge in [-0.1, -0.05) is 0 Å². The second-order valence-electron chi connectivity index (χ2n) is 8.60. The molecule has 0 aromatic heterocycles. The predicted molar refractivity (Wildman–Crippen MR) is 118 cm³/mol. The molecule has 0 radical (unpaired) electrons. The van der Waals surface area contributed by atoms with Gasteiger partial charge in [-0.3, -0.25) is 0 Å². The monoisotopic (exact) mass is 428 g/mol. The molecule has 3 saturated heterocycles. The number of nitrogens with one attached hydrogen (secondary N) is 4. The van der Waals surface area contributed by atoms with Gasteiger partial charge in [-0.2, -0.15) is 23.5 Å². The zero-order valence-electron chi connectivity index (χ0n) is 17.0.